The van der Waals surface area contributed by atoms with E-state index < -0.39 is 0 Å². The Balaban J connectivity index is 1.64. The Hall–Kier alpha value is -3.57. The normalized spacial score (nSPS) is 10.9. The van der Waals surface area contributed by atoms with Gasteiger partial charge in [-0.3, -0.25) is 14.0 Å². The van der Waals surface area contributed by atoms with E-state index in [1.165, 1.54) is 14.2 Å². The predicted octanol–water partition coefficient (Wildman–Crippen LogP) is 3.58. The van der Waals surface area contributed by atoms with Gasteiger partial charge in [0.05, 0.1) is 39.3 Å². The van der Waals surface area contributed by atoms with Gasteiger partial charge in [-0.15, -0.1) is 0 Å². The number of carbonyl (C=O) groups excluding carboxylic acids is 1. The number of rotatable bonds is 8. The number of thiazole rings is 1. The van der Waals surface area contributed by atoms with Gasteiger partial charge >= 0.3 is 0 Å². The Labute approximate surface area is 203 Å². The average molecular weight is 502 g/mol. The highest BCUT2D eigenvalue weighted by atomic mass is 32.1. The molecule has 0 radical (unpaired) electrons. The van der Waals surface area contributed by atoms with Crippen molar-refractivity contribution in [3.63, 3.8) is 0 Å². The van der Waals surface area contributed by atoms with E-state index in [1.54, 1.807) is 30.8 Å². The quantitative estimate of drug-likeness (QED) is 0.356. The first-order valence-corrected chi connectivity index (χ1v) is 11.5. The van der Waals surface area contributed by atoms with Crippen LogP contribution in [-0.2, 0) is 6.42 Å². The van der Waals surface area contributed by atoms with Crippen LogP contribution < -0.4 is 29.8 Å². The molecule has 0 aliphatic carbocycles. The largest absolute Gasteiger partial charge is 0.493 e. The summed E-state index contributed by atoms with van der Waals surface area (Å²) >= 11 is 6.65. The van der Waals surface area contributed by atoms with Crippen molar-refractivity contribution in [3.8, 4) is 23.0 Å². The molecule has 34 heavy (non-hydrogen) atoms. The van der Waals surface area contributed by atoms with Crippen LogP contribution in [0.3, 0.4) is 0 Å². The lowest BCUT2D eigenvalue weighted by molar-refractivity contribution is 0.0959. The summed E-state index contributed by atoms with van der Waals surface area (Å²) in [5.41, 5.74) is 1.49. The van der Waals surface area contributed by atoms with E-state index in [2.05, 4.69) is 10.3 Å². The second kappa shape index (κ2) is 9.74. The molecule has 178 valence electrons. The van der Waals surface area contributed by atoms with Crippen molar-refractivity contribution >= 4 is 46.0 Å². The first kappa shape index (κ1) is 23.6. The SMILES string of the molecule is COc1ccc(CCNC(=O)c2sc(=S)n3c2[nH]c(=O)c2cc(OC)c(OC)cc23)cc1OC. The number of fused-ring (bicyclic) bond motifs is 3. The minimum atomic E-state index is -0.358. The lowest BCUT2D eigenvalue weighted by Gasteiger charge is -2.11. The van der Waals surface area contributed by atoms with Crippen molar-refractivity contribution < 1.29 is 23.7 Å². The number of methoxy groups -OCH3 is 4. The van der Waals surface area contributed by atoms with Crippen molar-refractivity contribution in [1.82, 2.24) is 14.7 Å². The Morgan fingerprint density at radius 3 is 2.32 bits per heavy atom. The van der Waals surface area contributed by atoms with Crippen molar-refractivity contribution in [3.05, 3.63) is 55.1 Å². The van der Waals surface area contributed by atoms with Crippen LogP contribution >= 0.6 is 23.6 Å². The molecule has 0 unspecified atom stereocenters. The van der Waals surface area contributed by atoms with Crippen LogP contribution in [0.4, 0.5) is 0 Å². The zero-order valence-corrected chi connectivity index (χ0v) is 20.6. The Morgan fingerprint density at radius 2 is 1.65 bits per heavy atom. The molecular weight excluding hydrogens is 478 g/mol. The topological polar surface area (TPSA) is 103 Å². The average Bonchev–Trinajstić information content (AvgIpc) is 3.19. The van der Waals surface area contributed by atoms with Gasteiger partial charge in [0, 0.05) is 12.6 Å². The number of benzene rings is 2. The predicted molar refractivity (Wildman–Crippen MR) is 133 cm³/mol. The molecule has 2 aromatic heterocycles. The fourth-order valence-corrected chi connectivity index (χ4v) is 5.01. The zero-order chi connectivity index (χ0) is 24.4. The van der Waals surface area contributed by atoms with Gasteiger partial charge < -0.3 is 29.2 Å². The Bertz CT molecular complexity index is 1500. The van der Waals surface area contributed by atoms with Gasteiger partial charge in [-0.2, -0.15) is 0 Å². The molecule has 0 aliphatic heterocycles. The molecule has 0 bridgehead atoms. The molecule has 2 N–H and O–H groups in total. The molecule has 2 heterocycles. The van der Waals surface area contributed by atoms with Crippen molar-refractivity contribution in [2.24, 2.45) is 0 Å². The molecule has 0 spiro atoms. The van der Waals surface area contributed by atoms with Crippen LogP contribution in [-0.4, -0.2) is 50.3 Å². The lowest BCUT2D eigenvalue weighted by atomic mass is 10.1. The molecule has 9 nitrogen and oxygen atoms in total. The first-order chi connectivity index (χ1) is 16.4. The van der Waals surface area contributed by atoms with Gasteiger partial charge in [-0.1, -0.05) is 17.4 Å². The van der Waals surface area contributed by atoms with E-state index in [1.807, 2.05) is 18.2 Å². The molecule has 0 atom stereocenters. The van der Waals surface area contributed by atoms with Gasteiger partial charge in [-0.25, -0.2) is 0 Å². The third-order valence-corrected chi connectivity index (χ3v) is 6.76. The van der Waals surface area contributed by atoms with E-state index in [-0.39, 0.29) is 11.5 Å². The highest BCUT2D eigenvalue weighted by molar-refractivity contribution is 7.73. The summed E-state index contributed by atoms with van der Waals surface area (Å²) in [5.74, 6) is 1.82. The third kappa shape index (κ3) is 4.19. The zero-order valence-electron chi connectivity index (χ0n) is 19.0. The molecule has 2 aromatic carbocycles. The van der Waals surface area contributed by atoms with Gasteiger partial charge in [0.15, 0.2) is 27.0 Å². The van der Waals surface area contributed by atoms with Crippen molar-refractivity contribution in [1.29, 1.82) is 0 Å². The van der Waals surface area contributed by atoms with Gasteiger partial charge in [0.1, 0.15) is 10.5 Å². The standard InChI is InChI=1S/C23H23N3O6S2/c1-29-15-6-5-12(9-16(15)30-2)7-8-24-22(28)19-20-25-21(27)13-10-17(31-3)18(32-4)11-14(13)26(20)23(33)34-19/h5-6,9-11H,7-8H2,1-4H3,(H,24,28)(H,25,27). The maximum absolute atomic E-state index is 13.0. The summed E-state index contributed by atoms with van der Waals surface area (Å²) in [5, 5.41) is 3.27. The fourth-order valence-electron chi connectivity index (χ4n) is 3.71. The number of nitrogens with one attached hydrogen (secondary N) is 2. The van der Waals surface area contributed by atoms with Crippen LogP contribution in [0.1, 0.15) is 15.2 Å². The van der Waals surface area contributed by atoms with Crippen LogP contribution in [0, 0.1) is 3.95 Å². The number of aromatic amines is 1. The number of hydrogen-bond acceptors (Lipinski definition) is 8. The maximum atomic E-state index is 13.0. The maximum Gasteiger partial charge on any atom is 0.265 e. The summed E-state index contributed by atoms with van der Waals surface area (Å²) < 4.78 is 23.4. The van der Waals surface area contributed by atoms with Crippen molar-refractivity contribution in [2.45, 2.75) is 6.42 Å². The minimum absolute atomic E-state index is 0.324. The van der Waals surface area contributed by atoms with Crippen LogP contribution in [0.25, 0.3) is 16.6 Å². The summed E-state index contributed by atoms with van der Waals surface area (Å²) in [4.78, 5) is 28.9. The van der Waals surface area contributed by atoms with Gasteiger partial charge in [0.2, 0.25) is 0 Å². The number of H-pyrrole nitrogens is 1. The van der Waals surface area contributed by atoms with Crippen LogP contribution in [0.15, 0.2) is 35.1 Å². The minimum Gasteiger partial charge on any atom is -0.493 e. The Morgan fingerprint density at radius 1 is 1.00 bits per heavy atom. The number of ether oxygens (including phenoxy) is 4. The second-order valence-electron chi connectivity index (χ2n) is 7.25. The van der Waals surface area contributed by atoms with Gasteiger partial charge in [-0.05, 0) is 42.4 Å². The monoisotopic (exact) mass is 501 g/mol. The van der Waals surface area contributed by atoms with E-state index in [0.717, 1.165) is 16.9 Å². The highest BCUT2D eigenvalue weighted by Gasteiger charge is 2.19. The van der Waals surface area contributed by atoms with Crippen molar-refractivity contribution in [2.75, 3.05) is 35.0 Å². The number of aromatic nitrogens is 2. The molecule has 0 fully saturated rings. The van der Waals surface area contributed by atoms with E-state index in [4.69, 9.17) is 31.2 Å². The van der Waals surface area contributed by atoms with E-state index in [0.29, 0.717) is 61.3 Å². The fraction of sp³-hybridized carbons (Fsp3) is 0.261. The summed E-state index contributed by atoms with van der Waals surface area (Å²) in [6.45, 7) is 0.383. The molecule has 0 saturated carbocycles. The highest BCUT2D eigenvalue weighted by Crippen LogP contribution is 2.32. The third-order valence-electron chi connectivity index (χ3n) is 5.38. The number of nitrogens with zero attached hydrogens (tertiary/aromatic N) is 1. The number of hydrogen-bond donors (Lipinski definition) is 2. The summed E-state index contributed by atoms with van der Waals surface area (Å²) in [7, 11) is 6.16. The molecule has 4 rings (SSSR count). The first-order valence-electron chi connectivity index (χ1n) is 10.2. The molecule has 0 saturated heterocycles. The molecular formula is C23H23N3O6S2. The molecule has 0 aliphatic rings. The van der Waals surface area contributed by atoms with Gasteiger partial charge in [0.25, 0.3) is 11.5 Å². The van der Waals surface area contributed by atoms with E-state index >= 15 is 0 Å². The Kier molecular flexibility index (Phi) is 6.75. The molecule has 11 heteroatoms. The summed E-state index contributed by atoms with van der Waals surface area (Å²) in [6.07, 6.45) is 0.583. The van der Waals surface area contributed by atoms with E-state index in [9.17, 15) is 9.59 Å². The number of carbonyl (C=O) groups is 1. The molecule has 1 amide bonds. The number of amides is 1. The second-order valence-corrected chi connectivity index (χ2v) is 8.90. The van der Waals surface area contributed by atoms with Crippen LogP contribution in [0.5, 0.6) is 23.0 Å². The molecule has 4 aromatic rings. The smallest absolute Gasteiger partial charge is 0.265 e. The summed E-state index contributed by atoms with van der Waals surface area (Å²) in [6, 6.07) is 8.87. The lowest BCUT2D eigenvalue weighted by Crippen LogP contribution is -2.25. The van der Waals surface area contributed by atoms with Crippen LogP contribution in [0.2, 0.25) is 0 Å².